The van der Waals surface area contributed by atoms with E-state index < -0.39 is 0 Å². The van der Waals surface area contributed by atoms with Crippen LogP contribution in [-0.4, -0.2) is 12.1 Å². The fourth-order valence-corrected chi connectivity index (χ4v) is 0.485. The molecule has 0 amide bonds. The summed E-state index contributed by atoms with van der Waals surface area (Å²) in [6.07, 6.45) is 0. The Morgan fingerprint density at radius 3 is 2.18 bits per heavy atom. The second kappa shape index (κ2) is 3.58. The molecule has 0 saturated carbocycles. The first-order valence-electron chi connectivity index (χ1n) is 3.70. The monoisotopic (exact) mass is 154 g/mol. The molecule has 2 nitrogen and oxygen atoms in total. The molecule has 0 rings (SSSR count). The quantitative estimate of drug-likeness (QED) is 0.601. The van der Waals surface area contributed by atoms with Crippen molar-refractivity contribution < 1.29 is 0 Å². The Balaban J connectivity index is 3.73. The Labute approximate surface area is 69.2 Å². The Morgan fingerprint density at radius 1 is 1.45 bits per heavy atom. The molecule has 0 aliphatic carbocycles. The van der Waals surface area contributed by atoms with Crippen molar-refractivity contribution in [2.75, 3.05) is 6.54 Å². The van der Waals surface area contributed by atoms with Gasteiger partial charge < -0.3 is 11.1 Å². The molecule has 0 saturated heterocycles. The number of hydrogen-bond acceptors (Lipinski definition) is 2. The molecule has 0 aliphatic heterocycles. The predicted octanol–water partition coefficient (Wildman–Crippen LogP) is 1.40. The minimum atomic E-state index is -0.196. The molecule has 0 fully saturated rings. The lowest BCUT2D eigenvalue weighted by molar-refractivity contribution is 0.494. The molecule has 0 radical (unpaired) electrons. The molecule has 11 heavy (non-hydrogen) atoms. The highest BCUT2D eigenvalue weighted by Gasteiger charge is 2.09. The van der Waals surface area contributed by atoms with Gasteiger partial charge in [0.15, 0.2) is 0 Å². The van der Waals surface area contributed by atoms with Crippen molar-refractivity contribution in [2.45, 2.75) is 26.3 Å². The molecule has 0 unspecified atom stereocenters. The Kier molecular flexibility index (Phi) is 3.33. The number of nitrogens with two attached hydrogens (primary N) is 1. The fraction of sp³-hybridized carbons (Fsp3) is 0.556. The molecule has 3 N–H and O–H groups in total. The van der Waals surface area contributed by atoms with Gasteiger partial charge in [0.1, 0.15) is 0 Å². The standard InChI is InChI=1S/C9H18N2/c1-7(2)8(3)11-6-9(4,5)10/h11H,1,3,6,10H2,2,4-5H3. The first-order chi connectivity index (χ1) is 4.83. The number of rotatable bonds is 4. The van der Waals surface area contributed by atoms with Crippen molar-refractivity contribution in [3.05, 3.63) is 24.4 Å². The largest absolute Gasteiger partial charge is 0.384 e. The van der Waals surface area contributed by atoms with Crippen LogP contribution in [0.1, 0.15) is 20.8 Å². The second-order valence-electron chi connectivity index (χ2n) is 3.60. The van der Waals surface area contributed by atoms with E-state index in [4.69, 9.17) is 5.73 Å². The molecule has 0 aromatic rings. The Morgan fingerprint density at radius 2 is 1.91 bits per heavy atom. The molecule has 0 atom stereocenters. The molecule has 0 aliphatic rings. The van der Waals surface area contributed by atoms with Crippen LogP contribution in [-0.2, 0) is 0 Å². The average Bonchev–Trinajstić information content (AvgIpc) is 1.80. The van der Waals surface area contributed by atoms with E-state index >= 15 is 0 Å². The smallest absolute Gasteiger partial charge is 0.0322 e. The Bertz CT molecular complexity index is 163. The summed E-state index contributed by atoms with van der Waals surface area (Å²) in [5, 5.41) is 3.10. The summed E-state index contributed by atoms with van der Waals surface area (Å²) in [6, 6.07) is 0. The van der Waals surface area contributed by atoms with Crippen molar-refractivity contribution in [1.29, 1.82) is 0 Å². The summed E-state index contributed by atoms with van der Waals surface area (Å²) < 4.78 is 0. The summed E-state index contributed by atoms with van der Waals surface area (Å²) in [4.78, 5) is 0. The van der Waals surface area contributed by atoms with Gasteiger partial charge in [-0.2, -0.15) is 0 Å². The van der Waals surface area contributed by atoms with Gasteiger partial charge in [0.05, 0.1) is 0 Å². The van der Waals surface area contributed by atoms with Crippen molar-refractivity contribution in [2.24, 2.45) is 5.73 Å². The van der Waals surface area contributed by atoms with Gasteiger partial charge in [0.25, 0.3) is 0 Å². The maximum Gasteiger partial charge on any atom is 0.0322 e. The van der Waals surface area contributed by atoms with Crippen LogP contribution in [0, 0.1) is 0 Å². The molecule has 0 spiro atoms. The molecule has 0 bridgehead atoms. The van der Waals surface area contributed by atoms with Gasteiger partial charge in [-0.15, -0.1) is 0 Å². The minimum Gasteiger partial charge on any atom is -0.384 e. The lowest BCUT2D eigenvalue weighted by Crippen LogP contribution is -2.42. The van der Waals surface area contributed by atoms with Crippen LogP contribution >= 0.6 is 0 Å². The zero-order valence-electron chi connectivity index (χ0n) is 7.70. The highest BCUT2D eigenvalue weighted by Crippen LogP contribution is 2.01. The van der Waals surface area contributed by atoms with E-state index in [9.17, 15) is 0 Å². The van der Waals surface area contributed by atoms with Crippen LogP contribution < -0.4 is 11.1 Å². The fourth-order valence-electron chi connectivity index (χ4n) is 0.485. The van der Waals surface area contributed by atoms with E-state index in [1.165, 1.54) is 0 Å². The summed E-state index contributed by atoms with van der Waals surface area (Å²) >= 11 is 0. The van der Waals surface area contributed by atoms with Gasteiger partial charge in [-0.05, 0) is 26.3 Å². The van der Waals surface area contributed by atoms with Crippen LogP contribution in [0.2, 0.25) is 0 Å². The van der Waals surface area contributed by atoms with Gasteiger partial charge in [-0.1, -0.05) is 13.2 Å². The zero-order chi connectivity index (χ0) is 9.07. The van der Waals surface area contributed by atoms with E-state index in [1.807, 2.05) is 20.8 Å². The third-order valence-electron chi connectivity index (χ3n) is 1.27. The second-order valence-corrected chi connectivity index (χ2v) is 3.60. The normalized spacial score (nSPS) is 10.9. The van der Waals surface area contributed by atoms with E-state index in [1.54, 1.807) is 0 Å². The third-order valence-corrected chi connectivity index (χ3v) is 1.27. The minimum absolute atomic E-state index is 0.196. The number of nitrogens with one attached hydrogen (secondary N) is 1. The van der Waals surface area contributed by atoms with Crippen LogP contribution in [0.4, 0.5) is 0 Å². The summed E-state index contributed by atoms with van der Waals surface area (Å²) in [7, 11) is 0. The zero-order valence-corrected chi connectivity index (χ0v) is 7.70. The lowest BCUT2D eigenvalue weighted by atomic mass is 10.1. The molecule has 64 valence electrons. The van der Waals surface area contributed by atoms with Crippen LogP contribution in [0.15, 0.2) is 24.4 Å². The van der Waals surface area contributed by atoms with E-state index in [2.05, 4.69) is 18.5 Å². The van der Waals surface area contributed by atoms with Crippen molar-refractivity contribution in [1.82, 2.24) is 5.32 Å². The van der Waals surface area contributed by atoms with Gasteiger partial charge in [0, 0.05) is 17.8 Å². The summed E-state index contributed by atoms with van der Waals surface area (Å²) in [5.74, 6) is 0. The highest BCUT2D eigenvalue weighted by molar-refractivity contribution is 5.20. The van der Waals surface area contributed by atoms with Crippen molar-refractivity contribution in [3.8, 4) is 0 Å². The van der Waals surface area contributed by atoms with Crippen molar-refractivity contribution in [3.63, 3.8) is 0 Å². The highest BCUT2D eigenvalue weighted by atomic mass is 14.9. The predicted molar refractivity (Wildman–Crippen MR) is 50.2 cm³/mol. The maximum atomic E-state index is 5.75. The lowest BCUT2D eigenvalue weighted by Gasteiger charge is -2.20. The van der Waals surface area contributed by atoms with Gasteiger partial charge in [-0.25, -0.2) is 0 Å². The van der Waals surface area contributed by atoms with Gasteiger partial charge in [-0.3, -0.25) is 0 Å². The topological polar surface area (TPSA) is 38.0 Å². The Hall–Kier alpha value is -0.760. The SMILES string of the molecule is C=C(C)C(=C)NCC(C)(C)N. The molecule has 0 aromatic carbocycles. The summed E-state index contributed by atoms with van der Waals surface area (Å²) in [5.41, 5.74) is 7.37. The maximum absolute atomic E-state index is 5.75. The third kappa shape index (κ3) is 5.67. The molecular formula is C9H18N2. The van der Waals surface area contributed by atoms with Crippen molar-refractivity contribution >= 4 is 0 Å². The molecular weight excluding hydrogens is 136 g/mol. The first kappa shape index (κ1) is 10.2. The molecule has 2 heteroatoms. The van der Waals surface area contributed by atoms with Gasteiger partial charge in [0.2, 0.25) is 0 Å². The van der Waals surface area contributed by atoms with E-state index in [-0.39, 0.29) is 5.54 Å². The first-order valence-corrected chi connectivity index (χ1v) is 3.70. The van der Waals surface area contributed by atoms with Crippen LogP contribution in [0.3, 0.4) is 0 Å². The van der Waals surface area contributed by atoms with Crippen LogP contribution in [0.25, 0.3) is 0 Å². The van der Waals surface area contributed by atoms with E-state index in [0.717, 1.165) is 17.8 Å². The number of allylic oxidation sites excluding steroid dienone is 1. The molecule has 0 heterocycles. The summed E-state index contributed by atoms with van der Waals surface area (Å²) in [6.45, 7) is 14.1. The van der Waals surface area contributed by atoms with Gasteiger partial charge >= 0.3 is 0 Å². The van der Waals surface area contributed by atoms with E-state index in [0.29, 0.717) is 0 Å². The molecule has 0 aromatic heterocycles. The number of hydrogen-bond donors (Lipinski definition) is 2. The average molecular weight is 154 g/mol. The van der Waals surface area contributed by atoms with Crippen LogP contribution in [0.5, 0.6) is 0 Å².